The van der Waals surface area contributed by atoms with E-state index in [2.05, 4.69) is 4.98 Å². The minimum absolute atomic E-state index is 0.0188. The fourth-order valence-corrected chi connectivity index (χ4v) is 1.67. The Morgan fingerprint density at radius 2 is 1.85 bits per heavy atom. The number of hydrogen-bond acceptors (Lipinski definition) is 3. The number of benzene rings is 1. The van der Waals surface area contributed by atoms with Crippen molar-refractivity contribution in [2.45, 2.75) is 6.18 Å². The maximum atomic E-state index is 12.6. The van der Waals surface area contributed by atoms with Gasteiger partial charge in [-0.3, -0.25) is 10.1 Å². The highest BCUT2D eigenvalue weighted by molar-refractivity contribution is 5.68. The molecule has 0 aliphatic heterocycles. The van der Waals surface area contributed by atoms with Crippen molar-refractivity contribution in [3.05, 3.63) is 51.7 Å². The van der Waals surface area contributed by atoms with E-state index in [1.165, 1.54) is 12.1 Å². The molecule has 0 fully saturated rings. The van der Waals surface area contributed by atoms with Crippen molar-refractivity contribution in [1.29, 1.82) is 5.26 Å². The summed E-state index contributed by atoms with van der Waals surface area (Å²) in [6, 6.07) is 7.24. The van der Waals surface area contributed by atoms with Gasteiger partial charge in [-0.1, -0.05) is 0 Å². The summed E-state index contributed by atoms with van der Waals surface area (Å²) in [7, 11) is 0. The Morgan fingerprint density at radius 1 is 1.25 bits per heavy atom. The quantitative estimate of drug-likeness (QED) is 0.675. The summed E-state index contributed by atoms with van der Waals surface area (Å²) in [5.74, 6) is 0. The first-order valence-corrected chi connectivity index (χ1v) is 5.28. The molecule has 1 heterocycles. The lowest BCUT2D eigenvalue weighted by Crippen LogP contribution is -2.04. The van der Waals surface area contributed by atoms with Gasteiger partial charge in [-0.05, 0) is 23.8 Å². The predicted molar refractivity (Wildman–Crippen MR) is 62.6 cm³/mol. The van der Waals surface area contributed by atoms with Gasteiger partial charge in [-0.15, -0.1) is 0 Å². The second kappa shape index (κ2) is 4.70. The maximum Gasteiger partial charge on any atom is 0.431 e. The van der Waals surface area contributed by atoms with Gasteiger partial charge >= 0.3 is 6.18 Å². The number of nitrogens with zero attached hydrogens (tertiary/aromatic N) is 2. The van der Waals surface area contributed by atoms with Crippen LogP contribution in [-0.2, 0) is 6.18 Å². The summed E-state index contributed by atoms with van der Waals surface area (Å²) in [5, 5.41) is 19.4. The smallest absolute Gasteiger partial charge is 0.350 e. The summed E-state index contributed by atoms with van der Waals surface area (Å²) in [5.41, 5.74) is -1.15. The standard InChI is InChI=1S/C12H6F3N3O2/c13-12(14,15)10-5-8(6-16)11(17-10)7-1-3-9(4-2-7)18(19)20/h1-5,17H. The normalized spacial score (nSPS) is 11.1. The van der Waals surface area contributed by atoms with Crippen molar-refractivity contribution in [1.82, 2.24) is 4.98 Å². The molecule has 0 atom stereocenters. The first-order chi connectivity index (χ1) is 9.32. The fourth-order valence-electron chi connectivity index (χ4n) is 1.67. The summed E-state index contributed by atoms with van der Waals surface area (Å²) in [6.07, 6.45) is -4.59. The summed E-state index contributed by atoms with van der Waals surface area (Å²) < 4.78 is 37.7. The molecule has 0 amide bonds. The average molecular weight is 281 g/mol. The van der Waals surface area contributed by atoms with Crippen LogP contribution in [0, 0.1) is 21.4 Å². The molecular formula is C12H6F3N3O2. The van der Waals surface area contributed by atoms with E-state index in [4.69, 9.17) is 5.26 Å². The highest BCUT2D eigenvalue weighted by Gasteiger charge is 2.33. The van der Waals surface area contributed by atoms with Gasteiger partial charge in [0.05, 0.1) is 16.2 Å². The van der Waals surface area contributed by atoms with Crippen LogP contribution in [0.1, 0.15) is 11.3 Å². The zero-order valence-corrected chi connectivity index (χ0v) is 9.73. The van der Waals surface area contributed by atoms with Crippen molar-refractivity contribution >= 4 is 5.69 Å². The molecule has 1 aromatic carbocycles. The number of hydrogen-bond donors (Lipinski definition) is 1. The van der Waals surface area contributed by atoms with Gasteiger partial charge in [0.2, 0.25) is 0 Å². The summed E-state index contributed by atoms with van der Waals surface area (Å²) in [4.78, 5) is 12.0. The number of aromatic amines is 1. The number of alkyl halides is 3. The predicted octanol–water partition coefficient (Wildman–Crippen LogP) is 3.48. The minimum atomic E-state index is -4.59. The Balaban J connectivity index is 2.50. The second-order valence-electron chi connectivity index (χ2n) is 3.89. The molecule has 102 valence electrons. The average Bonchev–Trinajstić information content (AvgIpc) is 2.82. The van der Waals surface area contributed by atoms with Gasteiger partial charge in [-0.25, -0.2) is 0 Å². The van der Waals surface area contributed by atoms with Gasteiger partial charge < -0.3 is 4.98 Å². The second-order valence-corrected chi connectivity index (χ2v) is 3.89. The van der Waals surface area contributed by atoms with Crippen LogP contribution in [0.2, 0.25) is 0 Å². The van der Waals surface area contributed by atoms with Crippen LogP contribution in [0.4, 0.5) is 18.9 Å². The number of H-pyrrole nitrogens is 1. The van der Waals surface area contributed by atoms with Crippen molar-refractivity contribution < 1.29 is 18.1 Å². The number of halogens is 3. The van der Waals surface area contributed by atoms with E-state index in [0.717, 1.165) is 12.1 Å². The Morgan fingerprint density at radius 3 is 2.30 bits per heavy atom. The van der Waals surface area contributed by atoms with Crippen LogP contribution in [0.15, 0.2) is 30.3 Å². The van der Waals surface area contributed by atoms with Crippen LogP contribution in [0.25, 0.3) is 11.3 Å². The monoisotopic (exact) mass is 281 g/mol. The summed E-state index contributed by atoms with van der Waals surface area (Å²) in [6.45, 7) is 0. The van der Waals surface area contributed by atoms with Gasteiger partial charge in [-0.2, -0.15) is 18.4 Å². The number of rotatable bonds is 2. The first kappa shape index (κ1) is 13.6. The Labute approximate surface area is 110 Å². The lowest BCUT2D eigenvalue weighted by atomic mass is 10.1. The molecule has 5 nitrogen and oxygen atoms in total. The van der Waals surface area contributed by atoms with Crippen LogP contribution in [0.5, 0.6) is 0 Å². The number of nitriles is 1. The van der Waals surface area contributed by atoms with Crippen molar-refractivity contribution in [3.8, 4) is 17.3 Å². The molecule has 1 N–H and O–H groups in total. The van der Waals surface area contributed by atoms with E-state index in [0.29, 0.717) is 6.07 Å². The molecule has 0 aliphatic carbocycles. The molecule has 2 rings (SSSR count). The van der Waals surface area contributed by atoms with Gasteiger partial charge in [0.15, 0.2) is 0 Å². The fraction of sp³-hybridized carbons (Fsp3) is 0.0833. The van der Waals surface area contributed by atoms with E-state index in [1.807, 2.05) is 0 Å². The van der Waals surface area contributed by atoms with Crippen molar-refractivity contribution in [2.24, 2.45) is 0 Å². The molecule has 20 heavy (non-hydrogen) atoms. The summed E-state index contributed by atoms with van der Waals surface area (Å²) >= 11 is 0. The Hall–Kier alpha value is -2.82. The van der Waals surface area contributed by atoms with Gasteiger partial charge in [0.25, 0.3) is 5.69 Å². The number of nitro benzene ring substituents is 1. The number of aromatic nitrogens is 1. The third-order valence-corrected chi connectivity index (χ3v) is 2.61. The molecular weight excluding hydrogens is 275 g/mol. The van der Waals surface area contributed by atoms with Crippen LogP contribution < -0.4 is 0 Å². The van der Waals surface area contributed by atoms with Crippen LogP contribution >= 0.6 is 0 Å². The van der Waals surface area contributed by atoms with E-state index >= 15 is 0 Å². The Kier molecular flexibility index (Phi) is 3.19. The SMILES string of the molecule is N#Cc1cc(C(F)(F)F)[nH]c1-c1ccc([N+](=O)[O-])cc1. The maximum absolute atomic E-state index is 12.6. The van der Waals surface area contributed by atoms with E-state index < -0.39 is 16.8 Å². The molecule has 0 saturated carbocycles. The molecule has 0 bridgehead atoms. The molecule has 0 aliphatic rings. The Bertz CT molecular complexity index is 696. The zero-order valence-electron chi connectivity index (χ0n) is 9.73. The van der Waals surface area contributed by atoms with Crippen molar-refractivity contribution in [3.63, 3.8) is 0 Å². The molecule has 1 aromatic heterocycles. The van der Waals surface area contributed by atoms with Crippen LogP contribution in [-0.4, -0.2) is 9.91 Å². The highest BCUT2D eigenvalue weighted by Crippen LogP contribution is 2.33. The number of nitro groups is 1. The zero-order chi connectivity index (χ0) is 14.9. The molecule has 0 radical (unpaired) electrons. The number of nitrogens with one attached hydrogen (secondary N) is 1. The molecule has 8 heteroatoms. The van der Waals surface area contributed by atoms with Crippen LogP contribution in [0.3, 0.4) is 0 Å². The molecule has 0 saturated heterocycles. The molecule has 0 spiro atoms. The number of non-ortho nitro benzene ring substituents is 1. The van der Waals surface area contributed by atoms with E-state index in [9.17, 15) is 23.3 Å². The first-order valence-electron chi connectivity index (χ1n) is 5.28. The van der Waals surface area contributed by atoms with E-state index in [1.54, 1.807) is 6.07 Å². The molecule has 0 unspecified atom stereocenters. The van der Waals surface area contributed by atoms with Gasteiger partial charge in [0, 0.05) is 12.1 Å². The lowest BCUT2D eigenvalue weighted by Gasteiger charge is -2.02. The van der Waals surface area contributed by atoms with Crippen molar-refractivity contribution in [2.75, 3.05) is 0 Å². The largest absolute Gasteiger partial charge is 0.431 e. The topological polar surface area (TPSA) is 82.7 Å². The highest BCUT2D eigenvalue weighted by atomic mass is 19.4. The van der Waals surface area contributed by atoms with E-state index in [-0.39, 0.29) is 22.5 Å². The minimum Gasteiger partial charge on any atom is -0.350 e. The third-order valence-electron chi connectivity index (χ3n) is 2.61. The molecule has 2 aromatic rings. The third kappa shape index (κ3) is 2.47. The van der Waals surface area contributed by atoms with Gasteiger partial charge in [0.1, 0.15) is 11.8 Å². The lowest BCUT2D eigenvalue weighted by molar-refractivity contribution is -0.384.